The zero-order valence-electron chi connectivity index (χ0n) is 13.3. The molecular weight excluding hydrogens is 362 g/mol. The molecule has 136 valence electrons. The standard InChI is InChI=1S/C15H20F2N2O3S.ClH/c1-23(21,22)15(5-8-18-9-6-15)14(20)19-7-4-11-10-12(16)2-3-13(11)17;/h2-3,10,18H,4-9H2,1H3,(H,19,20);1H. The van der Waals surface area contributed by atoms with E-state index in [0.717, 1.165) is 24.5 Å². The van der Waals surface area contributed by atoms with Crippen molar-refractivity contribution in [2.75, 3.05) is 25.9 Å². The normalized spacial score (nSPS) is 17.0. The lowest BCUT2D eigenvalue weighted by Crippen LogP contribution is -2.57. The summed E-state index contributed by atoms with van der Waals surface area (Å²) in [4.78, 5) is 12.4. The van der Waals surface area contributed by atoms with Crippen LogP contribution < -0.4 is 10.6 Å². The number of carbonyl (C=O) groups excluding carboxylic acids is 1. The van der Waals surface area contributed by atoms with Gasteiger partial charge in [-0.05, 0) is 56.1 Å². The lowest BCUT2D eigenvalue weighted by atomic mass is 9.95. The minimum Gasteiger partial charge on any atom is -0.354 e. The predicted octanol–water partition coefficient (Wildman–Crippen LogP) is 1.21. The zero-order chi connectivity index (χ0) is 17.1. The van der Waals surface area contributed by atoms with Crippen LogP contribution >= 0.6 is 12.4 Å². The molecule has 24 heavy (non-hydrogen) atoms. The van der Waals surface area contributed by atoms with E-state index in [1.54, 1.807) is 0 Å². The lowest BCUT2D eigenvalue weighted by Gasteiger charge is -2.34. The quantitative estimate of drug-likeness (QED) is 0.802. The second kappa shape index (κ2) is 8.22. The molecule has 1 aromatic carbocycles. The largest absolute Gasteiger partial charge is 0.354 e. The molecule has 1 aromatic rings. The molecule has 1 aliphatic rings. The van der Waals surface area contributed by atoms with Gasteiger partial charge in [0.25, 0.3) is 0 Å². The Labute approximate surface area is 146 Å². The smallest absolute Gasteiger partial charge is 0.241 e. The van der Waals surface area contributed by atoms with E-state index in [2.05, 4.69) is 10.6 Å². The number of benzene rings is 1. The topological polar surface area (TPSA) is 75.3 Å². The van der Waals surface area contributed by atoms with Crippen molar-refractivity contribution in [2.24, 2.45) is 0 Å². The van der Waals surface area contributed by atoms with Crippen molar-refractivity contribution >= 4 is 28.2 Å². The van der Waals surface area contributed by atoms with Crippen molar-refractivity contribution in [2.45, 2.75) is 24.0 Å². The Kier molecular flexibility index (Phi) is 7.12. The third-order valence-corrected chi connectivity index (χ3v) is 6.24. The summed E-state index contributed by atoms with van der Waals surface area (Å²) in [5, 5.41) is 5.59. The van der Waals surface area contributed by atoms with Gasteiger partial charge in [-0.15, -0.1) is 12.4 Å². The lowest BCUT2D eigenvalue weighted by molar-refractivity contribution is -0.124. The Hall–Kier alpha value is -1.25. The number of carbonyl (C=O) groups is 1. The van der Waals surface area contributed by atoms with Gasteiger partial charge in [-0.1, -0.05) is 0 Å². The van der Waals surface area contributed by atoms with E-state index in [1.165, 1.54) is 0 Å². The van der Waals surface area contributed by atoms with Crippen LogP contribution in [0.1, 0.15) is 18.4 Å². The average Bonchev–Trinajstić information content (AvgIpc) is 2.50. The Balaban J connectivity index is 0.00000288. The van der Waals surface area contributed by atoms with Gasteiger partial charge in [-0.2, -0.15) is 0 Å². The summed E-state index contributed by atoms with van der Waals surface area (Å²) >= 11 is 0. The monoisotopic (exact) mass is 382 g/mol. The maximum absolute atomic E-state index is 13.5. The number of piperidine rings is 1. The third kappa shape index (κ3) is 4.43. The van der Waals surface area contributed by atoms with Crippen LogP contribution in [0.15, 0.2) is 18.2 Å². The molecule has 2 N–H and O–H groups in total. The summed E-state index contributed by atoms with van der Waals surface area (Å²) in [6, 6.07) is 3.11. The molecule has 5 nitrogen and oxygen atoms in total. The molecule has 1 fully saturated rings. The molecule has 0 spiro atoms. The van der Waals surface area contributed by atoms with Crippen LogP contribution in [0.3, 0.4) is 0 Å². The first-order chi connectivity index (χ1) is 10.8. The number of sulfone groups is 1. The number of hydrogen-bond donors (Lipinski definition) is 2. The van der Waals surface area contributed by atoms with Crippen LogP contribution in [0.2, 0.25) is 0 Å². The van der Waals surface area contributed by atoms with Gasteiger partial charge in [0.2, 0.25) is 5.91 Å². The van der Waals surface area contributed by atoms with E-state index in [1.807, 2.05) is 0 Å². The van der Waals surface area contributed by atoms with E-state index < -0.39 is 32.1 Å². The molecule has 0 aliphatic carbocycles. The van der Waals surface area contributed by atoms with Gasteiger partial charge < -0.3 is 10.6 Å². The minimum atomic E-state index is -3.58. The van der Waals surface area contributed by atoms with Gasteiger partial charge in [-0.25, -0.2) is 17.2 Å². The molecule has 1 heterocycles. The van der Waals surface area contributed by atoms with Crippen LogP contribution in [-0.2, 0) is 21.1 Å². The number of amides is 1. The van der Waals surface area contributed by atoms with Crippen molar-refractivity contribution in [1.82, 2.24) is 10.6 Å². The summed E-state index contributed by atoms with van der Waals surface area (Å²) in [7, 11) is -3.58. The molecule has 1 amide bonds. The minimum absolute atomic E-state index is 0. The fourth-order valence-electron chi connectivity index (χ4n) is 2.80. The molecule has 0 unspecified atom stereocenters. The number of rotatable bonds is 5. The van der Waals surface area contributed by atoms with Crippen molar-refractivity contribution in [3.63, 3.8) is 0 Å². The Morgan fingerprint density at radius 1 is 1.29 bits per heavy atom. The van der Waals surface area contributed by atoms with E-state index in [4.69, 9.17) is 0 Å². The fraction of sp³-hybridized carbons (Fsp3) is 0.533. The van der Waals surface area contributed by atoms with E-state index >= 15 is 0 Å². The molecule has 0 bridgehead atoms. The number of hydrogen-bond acceptors (Lipinski definition) is 4. The van der Waals surface area contributed by atoms with Gasteiger partial charge in [0.1, 0.15) is 11.6 Å². The van der Waals surface area contributed by atoms with Crippen LogP contribution in [0, 0.1) is 11.6 Å². The maximum Gasteiger partial charge on any atom is 0.241 e. The molecular formula is C15H21ClF2N2O3S. The summed E-state index contributed by atoms with van der Waals surface area (Å²) in [6.07, 6.45) is 1.55. The Bertz CT molecular complexity index is 692. The highest BCUT2D eigenvalue weighted by atomic mass is 35.5. The summed E-state index contributed by atoms with van der Waals surface area (Å²) < 4.78 is 49.4. The molecule has 1 aliphatic heterocycles. The first-order valence-corrected chi connectivity index (χ1v) is 9.28. The van der Waals surface area contributed by atoms with Crippen molar-refractivity contribution < 1.29 is 22.0 Å². The van der Waals surface area contributed by atoms with Crippen molar-refractivity contribution in [3.8, 4) is 0 Å². The molecule has 2 rings (SSSR count). The Morgan fingerprint density at radius 2 is 1.92 bits per heavy atom. The van der Waals surface area contributed by atoms with Gasteiger partial charge in [-0.3, -0.25) is 4.79 Å². The van der Waals surface area contributed by atoms with E-state index in [9.17, 15) is 22.0 Å². The first-order valence-electron chi connectivity index (χ1n) is 7.39. The van der Waals surface area contributed by atoms with E-state index in [0.29, 0.717) is 13.1 Å². The van der Waals surface area contributed by atoms with Crippen molar-refractivity contribution in [3.05, 3.63) is 35.4 Å². The van der Waals surface area contributed by atoms with Gasteiger partial charge >= 0.3 is 0 Å². The molecule has 0 atom stereocenters. The Morgan fingerprint density at radius 3 is 2.50 bits per heavy atom. The number of nitrogens with one attached hydrogen (secondary N) is 2. The van der Waals surface area contributed by atoms with Gasteiger partial charge in [0, 0.05) is 12.8 Å². The van der Waals surface area contributed by atoms with Crippen LogP contribution in [0.5, 0.6) is 0 Å². The highest BCUT2D eigenvalue weighted by Gasteiger charge is 2.48. The molecule has 0 radical (unpaired) electrons. The summed E-state index contributed by atoms with van der Waals surface area (Å²) in [5.74, 6) is -1.68. The number of halogens is 3. The summed E-state index contributed by atoms with van der Waals surface area (Å²) in [5.41, 5.74) is 0.143. The molecule has 1 saturated heterocycles. The first kappa shape index (κ1) is 20.8. The SMILES string of the molecule is CS(=O)(=O)C1(C(=O)NCCc2cc(F)ccc2F)CCNCC1.Cl. The van der Waals surface area contributed by atoms with Crippen LogP contribution in [-0.4, -0.2) is 45.0 Å². The third-order valence-electron chi connectivity index (χ3n) is 4.22. The average molecular weight is 383 g/mol. The second-order valence-corrected chi connectivity index (χ2v) is 8.08. The summed E-state index contributed by atoms with van der Waals surface area (Å²) in [6.45, 7) is 0.932. The molecule has 0 aromatic heterocycles. The van der Waals surface area contributed by atoms with Gasteiger partial charge in [0.15, 0.2) is 14.6 Å². The van der Waals surface area contributed by atoms with Crippen molar-refractivity contribution in [1.29, 1.82) is 0 Å². The highest BCUT2D eigenvalue weighted by Crippen LogP contribution is 2.28. The molecule has 0 saturated carbocycles. The zero-order valence-corrected chi connectivity index (χ0v) is 14.9. The molecule has 9 heteroatoms. The maximum atomic E-state index is 13.5. The van der Waals surface area contributed by atoms with Gasteiger partial charge in [0.05, 0.1) is 0 Å². The van der Waals surface area contributed by atoms with Crippen LogP contribution in [0.4, 0.5) is 8.78 Å². The highest BCUT2D eigenvalue weighted by molar-refractivity contribution is 7.92. The van der Waals surface area contributed by atoms with E-state index in [-0.39, 0.29) is 43.8 Å². The fourth-order valence-corrected chi connectivity index (χ4v) is 4.16. The predicted molar refractivity (Wildman–Crippen MR) is 90.0 cm³/mol. The van der Waals surface area contributed by atoms with Crippen LogP contribution in [0.25, 0.3) is 0 Å². The second-order valence-electron chi connectivity index (χ2n) is 5.76.